The van der Waals surface area contributed by atoms with Crippen molar-refractivity contribution in [2.45, 2.75) is 46.1 Å². The quantitative estimate of drug-likeness (QED) is 0.682. The molecule has 0 fully saturated rings. The molecule has 0 spiro atoms. The number of rotatable bonds is 6. The van der Waals surface area contributed by atoms with E-state index in [0.717, 1.165) is 0 Å². The van der Waals surface area contributed by atoms with Crippen LogP contribution in [0.25, 0.3) is 0 Å². The fraction of sp³-hybridized carbons (Fsp3) is 0.667. The van der Waals surface area contributed by atoms with Crippen LogP contribution in [0.1, 0.15) is 40.5 Å². The Balaban J connectivity index is 4.62. The first-order valence-electron chi connectivity index (χ1n) is 5.30. The summed E-state index contributed by atoms with van der Waals surface area (Å²) < 4.78 is 0. The second-order valence-electron chi connectivity index (χ2n) is 4.93. The van der Waals surface area contributed by atoms with E-state index in [1.807, 2.05) is 0 Å². The number of carboxylic acid groups (broad SMARTS) is 1. The van der Waals surface area contributed by atoms with E-state index in [1.54, 1.807) is 33.8 Å². The molecule has 4 heteroatoms. The molecule has 0 saturated carbocycles. The minimum Gasteiger partial charge on any atom is -0.481 e. The molecule has 0 aliphatic rings. The zero-order valence-electron chi connectivity index (χ0n) is 10.5. The molecule has 0 saturated heterocycles. The number of carboxylic acids is 1. The van der Waals surface area contributed by atoms with Gasteiger partial charge in [0.25, 0.3) is 0 Å². The molecule has 92 valence electrons. The summed E-state index contributed by atoms with van der Waals surface area (Å²) in [5, 5.41) is 11.8. The Morgan fingerprint density at radius 3 is 2.19 bits per heavy atom. The Morgan fingerprint density at radius 2 is 1.81 bits per heavy atom. The number of hydrogen-bond donors (Lipinski definition) is 2. The van der Waals surface area contributed by atoms with Crippen LogP contribution in [0.4, 0.5) is 0 Å². The van der Waals surface area contributed by atoms with Crippen LogP contribution < -0.4 is 5.32 Å². The Hall–Kier alpha value is -1.32. The predicted molar refractivity (Wildman–Crippen MR) is 63.1 cm³/mol. The molecule has 0 radical (unpaired) electrons. The van der Waals surface area contributed by atoms with Gasteiger partial charge in [0.1, 0.15) is 0 Å². The largest absolute Gasteiger partial charge is 0.481 e. The van der Waals surface area contributed by atoms with Crippen LogP contribution >= 0.6 is 0 Å². The minimum absolute atomic E-state index is 0.153. The van der Waals surface area contributed by atoms with Crippen molar-refractivity contribution >= 4 is 11.9 Å². The summed E-state index contributed by atoms with van der Waals surface area (Å²) in [6.07, 6.45) is 2.59. The highest BCUT2D eigenvalue weighted by molar-refractivity contribution is 5.80. The molecule has 1 amide bonds. The summed E-state index contributed by atoms with van der Waals surface area (Å²) in [7, 11) is 0. The number of hydrogen-bond acceptors (Lipinski definition) is 2. The van der Waals surface area contributed by atoms with Crippen molar-refractivity contribution in [1.82, 2.24) is 5.32 Å². The van der Waals surface area contributed by atoms with Gasteiger partial charge in [0.05, 0.1) is 5.41 Å². The number of amides is 1. The molecule has 0 aromatic heterocycles. The van der Waals surface area contributed by atoms with Gasteiger partial charge in [-0.25, -0.2) is 0 Å². The van der Waals surface area contributed by atoms with Crippen LogP contribution in [0.15, 0.2) is 12.7 Å². The molecule has 0 aromatic carbocycles. The molecule has 0 aliphatic carbocycles. The summed E-state index contributed by atoms with van der Waals surface area (Å²) in [5.74, 6) is -1.08. The molecule has 16 heavy (non-hydrogen) atoms. The van der Waals surface area contributed by atoms with Crippen LogP contribution in [0.3, 0.4) is 0 Å². The average Bonchev–Trinajstić information content (AvgIpc) is 2.13. The zero-order chi connectivity index (χ0) is 13.0. The van der Waals surface area contributed by atoms with Gasteiger partial charge in [-0.05, 0) is 34.1 Å². The van der Waals surface area contributed by atoms with E-state index in [1.165, 1.54) is 0 Å². The first-order valence-corrected chi connectivity index (χ1v) is 5.30. The van der Waals surface area contributed by atoms with Crippen LogP contribution in [-0.2, 0) is 9.59 Å². The Kier molecular flexibility index (Phi) is 4.72. The van der Waals surface area contributed by atoms with Crippen molar-refractivity contribution in [1.29, 1.82) is 0 Å². The normalized spacial score (nSPS) is 12.0. The summed E-state index contributed by atoms with van der Waals surface area (Å²) in [6, 6.07) is 0. The third kappa shape index (κ3) is 3.36. The Bertz CT molecular complexity index is 293. The summed E-state index contributed by atoms with van der Waals surface area (Å²) in [5.41, 5.74) is -1.81. The highest BCUT2D eigenvalue weighted by Gasteiger charge is 2.44. The van der Waals surface area contributed by atoms with Gasteiger partial charge in [-0.3, -0.25) is 9.59 Å². The lowest BCUT2D eigenvalue weighted by molar-refractivity contribution is -0.151. The second-order valence-corrected chi connectivity index (χ2v) is 4.93. The van der Waals surface area contributed by atoms with Gasteiger partial charge in [-0.15, -0.1) is 6.58 Å². The molecule has 0 aromatic rings. The molecule has 0 rings (SSSR count). The molecule has 2 N–H and O–H groups in total. The van der Waals surface area contributed by atoms with Gasteiger partial charge < -0.3 is 10.4 Å². The summed E-state index contributed by atoms with van der Waals surface area (Å²) in [6.45, 7) is 10.2. The van der Waals surface area contributed by atoms with Crippen molar-refractivity contribution in [3.8, 4) is 0 Å². The number of nitrogens with one attached hydrogen (secondary N) is 1. The Labute approximate surface area is 96.7 Å². The topological polar surface area (TPSA) is 66.4 Å². The standard InChI is InChI=1S/C12H21NO3/c1-6-7-8-9(14)13-12(4,5)11(2,3)10(15)16/h6H,1,7-8H2,2-5H3,(H,13,14)(H,15,16). The lowest BCUT2D eigenvalue weighted by Gasteiger charge is -2.38. The van der Waals surface area contributed by atoms with Crippen LogP contribution in [0.2, 0.25) is 0 Å². The molecule has 0 heterocycles. The second kappa shape index (κ2) is 5.14. The van der Waals surface area contributed by atoms with Crippen molar-refractivity contribution in [2.24, 2.45) is 5.41 Å². The fourth-order valence-corrected chi connectivity index (χ4v) is 1.07. The Morgan fingerprint density at radius 1 is 1.31 bits per heavy atom. The predicted octanol–water partition coefficient (Wildman–Crippen LogP) is 1.96. The van der Waals surface area contributed by atoms with Gasteiger partial charge in [0.2, 0.25) is 5.91 Å². The highest BCUT2D eigenvalue weighted by atomic mass is 16.4. The van der Waals surface area contributed by atoms with Gasteiger partial charge >= 0.3 is 5.97 Å². The monoisotopic (exact) mass is 227 g/mol. The highest BCUT2D eigenvalue weighted by Crippen LogP contribution is 2.30. The van der Waals surface area contributed by atoms with E-state index in [2.05, 4.69) is 11.9 Å². The van der Waals surface area contributed by atoms with Gasteiger partial charge in [0, 0.05) is 12.0 Å². The number of aliphatic carboxylic acids is 1. The lowest BCUT2D eigenvalue weighted by Crippen LogP contribution is -2.56. The third-order valence-corrected chi connectivity index (χ3v) is 3.12. The maximum atomic E-state index is 11.5. The van der Waals surface area contributed by atoms with Gasteiger partial charge in [0.15, 0.2) is 0 Å². The van der Waals surface area contributed by atoms with Crippen LogP contribution in [0.5, 0.6) is 0 Å². The summed E-state index contributed by atoms with van der Waals surface area (Å²) in [4.78, 5) is 22.6. The molecule has 0 unspecified atom stereocenters. The maximum absolute atomic E-state index is 11.5. The maximum Gasteiger partial charge on any atom is 0.311 e. The van der Waals surface area contributed by atoms with E-state index in [-0.39, 0.29) is 5.91 Å². The molecule has 0 atom stereocenters. The SMILES string of the molecule is C=CCCC(=O)NC(C)(C)C(C)(C)C(=O)O. The number of carbonyl (C=O) groups is 2. The first-order chi connectivity index (χ1) is 7.15. The molecule has 0 aliphatic heterocycles. The number of carbonyl (C=O) groups excluding carboxylic acids is 1. The van der Waals surface area contributed by atoms with E-state index < -0.39 is 16.9 Å². The van der Waals surface area contributed by atoms with Crippen molar-refractivity contribution in [2.75, 3.05) is 0 Å². The van der Waals surface area contributed by atoms with Crippen molar-refractivity contribution < 1.29 is 14.7 Å². The van der Waals surface area contributed by atoms with Crippen molar-refractivity contribution in [3.05, 3.63) is 12.7 Å². The van der Waals surface area contributed by atoms with E-state index >= 15 is 0 Å². The van der Waals surface area contributed by atoms with Gasteiger partial charge in [-0.1, -0.05) is 6.08 Å². The van der Waals surface area contributed by atoms with Gasteiger partial charge in [-0.2, -0.15) is 0 Å². The summed E-state index contributed by atoms with van der Waals surface area (Å²) >= 11 is 0. The minimum atomic E-state index is -1.02. The fourth-order valence-electron chi connectivity index (χ4n) is 1.07. The number of allylic oxidation sites excluding steroid dienone is 1. The van der Waals surface area contributed by atoms with Crippen LogP contribution in [0, 0.1) is 5.41 Å². The lowest BCUT2D eigenvalue weighted by atomic mass is 9.74. The third-order valence-electron chi connectivity index (χ3n) is 3.12. The average molecular weight is 227 g/mol. The molecule has 4 nitrogen and oxygen atoms in total. The van der Waals surface area contributed by atoms with Crippen molar-refractivity contribution in [3.63, 3.8) is 0 Å². The molecular formula is C12H21NO3. The van der Waals surface area contributed by atoms with Crippen LogP contribution in [-0.4, -0.2) is 22.5 Å². The van der Waals surface area contributed by atoms with E-state index in [4.69, 9.17) is 5.11 Å². The first kappa shape index (κ1) is 14.7. The molecule has 0 bridgehead atoms. The smallest absolute Gasteiger partial charge is 0.311 e. The zero-order valence-corrected chi connectivity index (χ0v) is 10.5. The van der Waals surface area contributed by atoms with E-state index in [9.17, 15) is 9.59 Å². The molecular weight excluding hydrogens is 206 g/mol. The van der Waals surface area contributed by atoms with E-state index in [0.29, 0.717) is 12.8 Å².